The van der Waals surface area contributed by atoms with Gasteiger partial charge in [0.1, 0.15) is 5.69 Å². The number of halogens is 5. The van der Waals surface area contributed by atoms with Crippen LogP contribution in [-0.4, -0.2) is 73.6 Å². The molecule has 2 N–H and O–H groups in total. The molecule has 0 spiro atoms. The fourth-order valence-corrected chi connectivity index (χ4v) is 7.14. The quantitative estimate of drug-likeness (QED) is 0.333. The van der Waals surface area contributed by atoms with Gasteiger partial charge < -0.3 is 15.4 Å². The summed E-state index contributed by atoms with van der Waals surface area (Å²) in [5.41, 5.74) is 1.50. The highest BCUT2D eigenvalue weighted by Crippen LogP contribution is 2.43. The van der Waals surface area contributed by atoms with Gasteiger partial charge in [-0.2, -0.15) is 18.3 Å². The topological polar surface area (TPSA) is 149 Å². The minimum absolute atomic E-state index is 0.00451. The third-order valence-electron chi connectivity index (χ3n) is 9.79. The van der Waals surface area contributed by atoms with Gasteiger partial charge in [-0.3, -0.25) is 9.59 Å². The Morgan fingerprint density at radius 1 is 1.11 bits per heavy atom. The Bertz CT molecular complexity index is 1630. The van der Waals surface area contributed by atoms with Gasteiger partial charge in [-0.15, -0.1) is 0 Å². The van der Waals surface area contributed by atoms with Crippen LogP contribution in [0.3, 0.4) is 0 Å². The van der Waals surface area contributed by atoms with Crippen molar-refractivity contribution in [3.63, 3.8) is 0 Å². The van der Waals surface area contributed by atoms with E-state index in [0.29, 0.717) is 43.1 Å². The Morgan fingerprint density at radius 2 is 1.94 bits per heavy atom. The molecule has 2 aliphatic carbocycles. The minimum atomic E-state index is -4.46. The highest BCUT2D eigenvalue weighted by Gasteiger charge is 2.46. The summed E-state index contributed by atoms with van der Waals surface area (Å²) in [5, 5.41) is 17.6. The number of rotatable bonds is 8. The van der Waals surface area contributed by atoms with Gasteiger partial charge in [0, 0.05) is 50.2 Å². The zero-order valence-corrected chi connectivity index (χ0v) is 25.4. The van der Waals surface area contributed by atoms with E-state index >= 15 is 0 Å². The first kappa shape index (κ1) is 31.8. The van der Waals surface area contributed by atoms with Gasteiger partial charge in [-0.05, 0) is 56.0 Å². The second-order valence-corrected chi connectivity index (χ2v) is 13.3. The van der Waals surface area contributed by atoms with Gasteiger partial charge in [0.05, 0.1) is 41.8 Å². The number of aromatic nitrogens is 6. The number of hydrogen-bond acceptors (Lipinski definition) is 9. The molecule has 1 unspecified atom stereocenters. The molecule has 7 rings (SSSR count). The zero-order chi connectivity index (χ0) is 32.9. The van der Waals surface area contributed by atoms with Crippen molar-refractivity contribution < 1.29 is 40.9 Å². The van der Waals surface area contributed by atoms with Gasteiger partial charge in [0.25, 0.3) is 11.7 Å². The molecule has 0 radical (unpaired) electrons. The molecule has 2 aliphatic heterocycles. The number of imidazole rings is 1. The molecule has 254 valence electrons. The predicted molar refractivity (Wildman–Crippen MR) is 151 cm³/mol. The van der Waals surface area contributed by atoms with Crippen LogP contribution in [0.25, 0.3) is 5.78 Å². The van der Waals surface area contributed by atoms with Crippen molar-refractivity contribution in [2.24, 2.45) is 17.8 Å². The van der Waals surface area contributed by atoms with E-state index in [1.807, 2.05) is 0 Å². The van der Waals surface area contributed by atoms with Crippen LogP contribution in [0.1, 0.15) is 109 Å². The number of alkyl halides is 5. The van der Waals surface area contributed by atoms with Crippen LogP contribution in [-0.2, 0) is 16.0 Å². The number of piperidine rings is 1. The average molecular weight is 667 g/mol. The largest absolute Gasteiger partial charge is 0.393 e. The number of carbonyl (C=O) groups excluding carboxylic acids is 2. The lowest BCUT2D eigenvalue weighted by Gasteiger charge is -2.33. The second-order valence-electron chi connectivity index (χ2n) is 13.3. The summed E-state index contributed by atoms with van der Waals surface area (Å²) in [5.74, 6) is -7.40. The Kier molecular flexibility index (Phi) is 8.37. The van der Waals surface area contributed by atoms with Crippen LogP contribution in [0.5, 0.6) is 0 Å². The lowest BCUT2D eigenvalue weighted by atomic mass is 9.80. The summed E-state index contributed by atoms with van der Waals surface area (Å²) < 4.78 is 82.0. The van der Waals surface area contributed by atoms with E-state index in [1.165, 1.54) is 10.7 Å². The zero-order valence-electron chi connectivity index (χ0n) is 25.4. The molecule has 4 fully saturated rings. The van der Waals surface area contributed by atoms with E-state index in [2.05, 4.69) is 25.9 Å². The Morgan fingerprint density at radius 3 is 2.66 bits per heavy atom. The molecule has 12 nitrogen and oxygen atoms in total. The van der Waals surface area contributed by atoms with Gasteiger partial charge >= 0.3 is 6.18 Å². The molecule has 0 bridgehead atoms. The van der Waals surface area contributed by atoms with Crippen molar-refractivity contribution in [3.8, 4) is 0 Å². The normalized spacial score (nSPS) is 27.4. The number of carbonyl (C=O) groups is 2. The molecular weight excluding hydrogens is 631 g/mol. The van der Waals surface area contributed by atoms with Crippen molar-refractivity contribution in [2.45, 2.75) is 94.2 Å². The molecule has 0 aromatic carbocycles. The van der Waals surface area contributed by atoms with Gasteiger partial charge in [-0.25, -0.2) is 27.9 Å². The summed E-state index contributed by atoms with van der Waals surface area (Å²) >= 11 is 0. The van der Waals surface area contributed by atoms with E-state index in [4.69, 9.17) is 19.4 Å². The molecule has 2 amide bonds. The van der Waals surface area contributed by atoms with Crippen LogP contribution >= 0.6 is 0 Å². The molecule has 17 heteroatoms. The van der Waals surface area contributed by atoms with Crippen LogP contribution in [0.4, 0.5) is 22.0 Å². The van der Waals surface area contributed by atoms with Gasteiger partial charge in [-0.1, -0.05) is 5.16 Å². The van der Waals surface area contributed by atoms with Crippen molar-refractivity contribution >= 4 is 17.6 Å². The van der Waals surface area contributed by atoms with E-state index in [1.54, 1.807) is 0 Å². The van der Waals surface area contributed by atoms with Gasteiger partial charge in [0.2, 0.25) is 11.8 Å². The summed E-state index contributed by atoms with van der Waals surface area (Å²) in [4.78, 5) is 35.6. The maximum absolute atomic E-state index is 14.7. The number of nitrogens with zero attached hydrogens (tertiary/aromatic N) is 6. The first-order valence-electron chi connectivity index (χ1n) is 16.1. The van der Waals surface area contributed by atoms with Gasteiger partial charge in [0.15, 0.2) is 5.69 Å². The fourth-order valence-electron chi connectivity index (χ4n) is 7.14. The highest BCUT2D eigenvalue weighted by atomic mass is 19.4. The van der Waals surface area contributed by atoms with Crippen molar-refractivity contribution in [1.29, 1.82) is 0 Å². The Labute approximate surface area is 265 Å². The number of nitrogens with one attached hydrogen (secondary N) is 2. The molecule has 4 aliphatic rings. The first-order valence-corrected chi connectivity index (χ1v) is 16.1. The third kappa shape index (κ3) is 6.81. The first-order chi connectivity index (χ1) is 22.4. The summed E-state index contributed by atoms with van der Waals surface area (Å²) in [6.45, 7) is 0.403. The number of fused-ring (bicyclic) bond motifs is 1. The smallest absolute Gasteiger partial charge is 0.381 e. The summed E-state index contributed by atoms with van der Waals surface area (Å²) in [6, 6.07) is -0.956. The van der Waals surface area contributed by atoms with E-state index < -0.39 is 60.7 Å². The maximum Gasteiger partial charge on any atom is 0.393 e. The molecule has 5 atom stereocenters. The summed E-state index contributed by atoms with van der Waals surface area (Å²) in [7, 11) is 0. The van der Waals surface area contributed by atoms with Crippen LogP contribution in [0, 0.1) is 17.8 Å². The third-order valence-corrected chi connectivity index (χ3v) is 9.79. The van der Waals surface area contributed by atoms with Crippen molar-refractivity contribution in [3.05, 3.63) is 34.7 Å². The standard InChI is InChI=1S/C30H35F5N8O4/c31-29(32)7-1-3-16(11-29)22(38-27(45)25-24(15-5-6-15)41-47-42-25)21-13-43-28(37-21)39-23(17-4-2-8-46-14-17)20(40-43)10-18-9-19(30(33,34)35)12-36-26(18)44/h13,15-19,22H,1-12,14H2,(H,36,44)(H,38,45)/t16-,17?,18-,19-,22+/m1/s1. The lowest BCUT2D eigenvalue weighted by molar-refractivity contribution is -0.183. The maximum atomic E-state index is 14.7. The molecule has 2 saturated carbocycles. The molecule has 47 heavy (non-hydrogen) atoms. The average Bonchev–Trinajstić information content (AvgIpc) is 3.60. The van der Waals surface area contributed by atoms with Crippen LogP contribution < -0.4 is 10.6 Å². The van der Waals surface area contributed by atoms with E-state index in [0.717, 1.165) is 19.3 Å². The lowest BCUT2D eigenvalue weighted by Crippen LogP contribution is -2.47. The monoisotopic (exact) mass is 666 g/mol. The van der Waals surface area contributed by atoms with E-state index in [9.17, 15) is 31.5 Å². The Balaban J connectivity index is 1.24. The predicted octanol–water partition coefficient (Wildman–Crippen LogP) is 4.43. The molecule has 3 aromatic heterocycles. The second kappa shape index (κ2) is 12.4. The fraction of sp³-hybridized carbons (Fsp3) is 0.700. The molecule has 3 aromatic rings. The Hall–Kier alpha value is -3.76. The molecule has 5 heterocycles. The highest BCUT2D eigenvalue weighted by molar-refractivity contribution is 5.93. The number of ether oxygens (including phenoxy) is 1. The van der Waals surface area contributed by atoms with Crippen molar-refractivity contribution in [1.82, 2.24) is 40.5 Å². The minimum Gasteiger partial charge on any atom is -0.381 e. The number of amides is 2. The molecular formula is C30H35F5N8O4. The van der Waals surface area contributed by atoms with Crippen molar-refractivity contribution in [2.75, 3.05) is 19.8 Å². The van der Waals surface area contributed by atoms with Crippen LogP contribution in [0.2, 0.25) is 0 Å². The van der Waals surface area contributed by atoms with Crippen LogP contribution in [0.15, 0.2) is 10.8 Å². The molecule has 2 saturated heterocycles. The number of hydrogen-bond donors (Lipinski definition) is 2. The van der Waals surface area contributed by atoms with E-state index in [-0.39, 0.29) is 54.7 Å². The summed E-state index contributed by atoms with van der Waals surface area (Å²) in [6.07, 6.45) is -0.375. The SMILES string of the molecule is O=C(N[C@H](c1cn2nc(C[C@H]3C[C@@H](C(F)(F)F)CNC3=O)c(C3CCCOC3)nc2n1)[C@@H]1CCCC(F)(F)C1)c1nonc1C1CC1.